The van der Waals surface area contributed by atoms with Crippen molar-refractivity contribution in [2.24, 2.45) is 0 Å². The first-order chi connectivity index (χ1) is 17.7. The van der Waals surface area contributed by atoms with Crippen molar-refractivity contribution in [2.75, 3.05) is 7.11 Å². The van der Waals surface area contributed by atoms with Crippen molar-refractivity contribution < 1.29 is 36.6 Å². The van der Waals surface area contributed by atoms with Gasteiger partial charge in [0.05, 0.1) is 13.2 Å². The van der Waals surface area contributed by atoms with Crippen molar-refractivity contribution in [1.29, 1.82) is 0 Å². The second-order valence-corrected chi connectivity index (χ2v) is 8.68. The smallest absolute Gasteiger partial charge is 0.388 e. The molecular weight excluding hydrogens is 516 g/mol. The van der Waals surface area contributed by atoms with E-state index in [0.29, 0.717) is 0 Å². The molecule has 13 nitrogen and oxygen atoms in total. The molecule has 3 heterocycles. The van der Waals surface area contributed by atoms with E-state index in [2.05, 4.69) is 42.0 Å². The van der Waals surface area contributed by atoms with Crippen LogP contribution in [0.4, 0.5) is 8.78 Å². The van der Waals surface area contributed by atoms with Gasteiger partial charge in [0, 0.05) is 12.4 Å². The van der Waals surface area contributed by atoms with E-state index in [1.54, 1.807) is 0 Å². The summed E-state index contributed by atoms with van der Waals surface area (Å²) in [5.74, 6) is -3.90. The van der Waals surface area contributed by atoms with Crippen molar-refractivity contribution in [3.8, 4) is 34.6 Å². The highest BCUT2D eigenvalue weighted by molar-refractivity contribution is 7.89. The number of alkyl halides is 2. The zero-order valence-electron chi connectivity index (χ0n) is 18.7. The quantitative estimate of drug-likeness (QED) is 0.319. The number of sulfonamides is 1. The third kappa shape index (κ3) is 5.67. The Balaban J connectivity index is 1.81. The molecule has 0 fully saturated rings. The van der Waals surface area contributed by atoms with Gasteiger partial charge in [0.2, 0.25) is 21.7 Å². The highest BCUT2D eigenvalue weighted by Crippen LogP contribution is 2.35. The molecule has 1 aromatic carbocycles. The van der Waals surface area contributed by atoms with Crippen LogP contribution in [0, 0.1) is 12.1 Å². The molecule has 190 valence electrons. The SMILES string of the molecule is COc1cccc(O)c1-n1c(C(=O)NS(=O)(=O)Cc2ncccn2)nnc1-c1c#ccc(OC(F)F)n1. The minimum atomic E-state index is -4.31. The molecule has 2 N–H and O–H groups in total. The number of nitrogens with one attached hydrogen (secondary N) is 1. The standard InChI is InChI=1S/C21H15F2N7O6S/c1-35-14-7-3-6-13(31)17(14)30-18(12-5-2-8-16(26-12)36-21(22)23)27-28-19(30)20(32)29-37(33,34)11-15-24-9-4-10-25-15/h3-4,6-10,21,31H,11H2,1H3,(H,29,32). The van der Waals surface area contributed by atoms with Crippen LogP contribution in [-0.2, 0) is 15.8 Å². The molecule has 0 bridgehead atoms. The molecule has 1 amide bonds. The maximum atomic E-state index is 13.1. The molecule has 4 aromatic rings. The Morgan fingerprint density at radius 2 is 1.97 bits per heavy atom. The average molecular weight is 531 g/mol. The number of carbonyl (C=O) groups is 1. The second-order valence-electron chi connectivity index (χ2n) is 6.96. The predicted octanol–water partition coefficient (Wildman–Crippen LogP) is 1.30. The van der Waals surface area contributed by atoms with Crippen LogP contribution in [0.5, 0.6) is 17.4 Å². The summed E-state index contributed by atoms with van der Waals surface area (Å²) in [6, 6.07) is 11.6. The van der Waals surface area contributed by atoms with E-state index in [9.17, 15) is 27.1 Å². The van der Waals surface area contributed by atoms with Crippen LogP contribution in [0.25, 0.3) is 17.2 Å². The first-order valence-corrected chi connectivity index (χ1v) is 11.7. The van der Waals surface area contributed by atoms with Crippen molar-refractivity contribution in [3.63, 3.8) is 0 Å². The van der Waals surface area contributed by atoms with Crippen LogP contribution in [-0.4, -0.2) is 62.9 Å². The van der Waals surface area contributed by atoms with E-state index in [4.69, 9.17) is 4.74 Å². The zero-order valence-corrected chi connectivity index (χ0v) is 19.5. The summed E-state index contributed by atoms with van der Waals surface area (Å²) in [4.78, 5) is 24.6. The van der Waals surface area contributed by atoms with Gasteiger partial charge < -0.3 is 14.6 Å². The third-order valence-corrected chi connectivity index (χ3v) is 5.64. The Bertz CT molecular complexity index is 1530. The van der Waals surface area contributed by atoms with Crippen LogP contribution < -0.4 is 14.2 Å². The number of methoxy groups -OCH3 is 1. The lowest BCUT2D eigenvalue weighted by Crippen LogP contribution is -2.34. The Hall–Kier alpha value is -4.91. The van der Waals surface area contributed by atoms with Crippen molar-refractivity contribution in [2.45, 2.75) is 12.4 Å². The Labute approximate surface area is 207 Å². The lowest BCUT2D eigenvalue weighted by Gasteiger charge is -2.15. The van der Waals surface area contributed by atoms with Gasteiger partial charge in [-0.1, -0.05) is 12.1 Å². The van der Waals surface area contributed by atoms with Crippen LogP contribution in [0.1, 0.15) is 16.4 Å². The number of phenolic OH excluding ortho intramolecular Hbond substituents is 1. The number of phenols is 1. The molecular formula is C21H15F2N7O6S. The largest absolute Gasteiger partial charge is 0.506 e. The number of aromatic hydroxyl groups is 1. The maximum absolute atomic E-state index is 13.1. The number of halogens is 2. The van der Waals surface area contributed by atoms with Crippen molar-refractivity contribution in [3.05, 3.63) is 66.5 Å². The summed E-state index contributed by atoms with van der Waals surface area (Å²) >= 11 is 0. The Morgan fingerprint density at radius 1 is 1.22 bits per heavy atom. The number of para-hydroxylation sites is 1. The highest BCUT2D eigenvalue weighted by atomic mass is 32.2. The molecule has 0 saturated carbocycles. The maximum Gasteiger partial charge on any atom is 0.388 e. The van der Waals surface area contributed by atoms with Crippen molar-refractivity contribution >= 4 is 15.9 Å². The average Bonchev–Trinajstić information content (AvgIpc) is 3.28. The van der Waals surface area contributed by atoms with E-state index in [1.807, 2.05) is 4.72 Å². The van der Waals surface area contributed by atoms with E-state index < -0.39 is 45.7 Å². The molecule has 0 aliphatic carbocycles. The molecule has 16 heteroatoms. The Kier molecular flexibility index (Phi) is 7.06. The number of ether oxygens (including phenoxy) is 2. The summed E-state index contributed by atoms with van der Waals surface area (Å²) in [5.41, 5.74) is -0.440. The van der Waals surface area contributed by atoms with Gasteiger partial charge in [0.15, 0.2) is 11.5 Å². The minimum Gasteiger partial charge on any atom is -0.506 e. The van der Waals surface area contributed by atoms with E-state index in [-0.39, 0.29) is 28.8 Å². The van der Waals surface area contributed by atoms with Gasteiger partial charge in [-0.05, 0) is 24.3 Å². The molecule has 0 radical (unpaired) electrons. The number of hydrogen-bond donors (Lipinski definition) is 2. The molecule has 0 unspecified atom stereocenters. The van der Waals surface area contributed by atoms with Gasteiger partial charge in [-0.15, -0.1) is 10.2 Å². The Morgan fingerprint density at radius 3 is 2.68 bits per heavy atom. The summed E-state index contributed by atoms with van der Waals surface area (Å²) in [6.45, 7) is -3.19. The molecule has 37 heavy (non-hydrogen) atoms. The number of benzene rings is 1. The lowest BCUT2D eigenvalue weighted by molar-refractivity contribution is -0.0527. The molecule has 0 spiro atoms. The summed E-state index contributed by atoms with van der Waals surface area (Å²) < 4.78 is 62.9. The fraction of sp³-hybridized carbons (Fsp3) is 0.143. The van der Waals surface area contributed by atoms with Crippen LogP contribution in [0.2, 0.25) is 0 Å². The number of amides is 1. The van der Waals surface area contributed by atoms with Gasteiger partial charge in [0.25, 0.3) is 0 Å². The normalized spacial score (nSPS) is 11.1. The van der Waals surface area contributed by atoms with Gasteiger partial charge >= 0.3 is 12.5 Å². The molecule has 0 saturated heterocycles. The molecule has 4 rings (SSSR count). The highest BCUT2D eigenvalue weighted by Gasteiger charge is 2.29. The number of hydrogen-bond acceptors (Lipinski definition) is 11. The van der Waals surface area contributed by atoms with E-state index in [1.165, 1.54) is 43.8 Å². The fourth-order valence-electron chi connectivity index (χ4n) is 3.09. The van der Waals surface area contributed by atoms with Gasteiger partial charge in [-0.2, -0.15) is 8.78 Å². The zero-order chi connectivity index (χ0) is 26.6. The molecule has 3 aromatic heterocycles. The fourth-order valence-corrected chi connectivity index (χ4v) is 4.02. The second kappa shape index (κ2) is 10.4. The minimum absolute atomic E-state index is 0.0274. The number of aromatic nitrogens is 6. The predicted molar refractivity (Wildman–Crippen MR) is 119 cm³/mol. The molecule has 0 aliphatic rings. The summed E-state index contributed by atoms with van der Waals surface area (Å²) in [7, 11) is -3.04. The van der Waals surface area contributed by atoms with E-state index >= 15 is 0 Å². The number of carbonyl (C=O) groups excluding carboxylic acids is 1. The third-order valence-electron chi connectivity index (χ3n) is 4.50. The van der Waals surface area contributed by atoms with Gasteiger partial charge in [0.1, 0.15) is 28.8 Å². The summed E-state index contributed by atoms with van der Waals surface area (Å²) in [6.07, 6.45) is 2.67. The topological polar surface area (TPSA) is 171 Å². The van der Waals surface area contributed by atoms with Gasteiger partial charge in [-0.25, -0.2) is 28.1 Å². The number of nitrogens with zero attached hydrogens (tertiary/aromatic N) is 6. The van der Waals surface area contributed by atoms with Gasteiger partial charge in [-0.3, -0.25) is 9.36 Å². The monoisotopic (exact) mass is 531 g/mol. The molecule has 0 aliphatic heterocycles. The summed E-state index contributed by atoms with van der Waals surface area (Å²) in [5, 5.41) is 18.2. The first-order valence-electron chi connectivity index (χ1n) is 10.1. The van der Waals surface area contributed by atoms with Crippen LogP contribution in [0.3, 0.4) is 0 Å². The number of rotatable bonds is 9. The van der Waals surface area contributed by atoms with Crippen LogP contribution in [0.15, 0.2) is 42.7 Å². The lowest BCUT2D eigenvalue weighted by atomic mass is 10.2. The van der Waals surface area contributed by atoms with Crippen LogP contribution >= 0.6 is 0 Å². The molecule has 0 atom stereocenters. The first kappa shape index (κ1) is 25.2. The van der Waals surface area contributed by atoms with Crippen molar-refractivity contribution in [1.82, 2.24) is 34.4 Å². The van der Waals surface area contributed by atoms with E-state index in [0.717, 1.165) is 10.6 Å².